The van der Waals surface area contributed by atoms with Gasteiger partial charge in [0.25, 0.3) is 0 Å². The maximum atomic E-state index is 14.4. The number of rotatable bonds is 9. The van der Waals surface area contributed by atoms with Gasteiger partial charge in [-0.25, -0.2) is 9.18 Å². The van der Waals surface area contributed by atoms with Crippen molar-refractivity contribution in [2.45, 2.75) is 12.5 Å². The molecule has 10 nitrogen and oxygen atoms in total. The Morgan fingerprint density at radius 2 is 1.87 bits per heavy atom. The van der Waals surface area contributed by atoms with Gasteiger partial charge in [0.1, 0.15) is 18.2 Å². The number of carbonyl (C=O) groups is 3. The Kier molecular flexibility index (Phi) is 8.19. The Bertz CT molecular complexity index is 1500. The number of tetrazole rings is 1. The van der Waals surface area contributed by atoms with Crippen LogP contribution in [0.25, 0.3) is 11.8 Å². The molecule has 1 atom stereocenters. The lowest BCUT2D eigenvalue weighted by Crippen LogP contribution is -2.44. The number of hydrogen-bond donors (Lipinski definition) is 3. The molecule has 4 rings (SSSR count). The summed E-state index contributed by atoms with van der Waals surface area (Å²) in [6.07, 6.45) is 4.24. The smallest absolute Gasteiger partial charge is 0.335 e. The Morgan fingerprint density at radius 1 is 1.08 bits per heavy atom. The van der Waals surface area contributed by atoms with Gasteiger partial charge in [-0.2, -0.15) is 4.68 Å². The van der Waals surface area contributed by atoms with E-state index in [1.807, 2.05) is 6.07 Å². The molecule has 0 spiro atoms. The predicted octanol–water partition coefficient (Wildman–Crippen LogP) is 3.53. The first-order valence-electron chi connectivity index (χ1n) is 11.2. The van der Waals surface area contributed by atoms with Crippen LogP contribution >= 0.6 is 11.6 Å². The van der Waals surface area contributed by atoms with Crippen molar-refractivity contribution in [1.82, 2.24) is 25.5 Å². The van der Waals surface area contributed by atoms with Crippen molar-refractivity contribution in [3.63, 3.8) is 0 Å². The van der Waals surface area contributed by atoms with E-state index >= 15 is 0 Å². The molecule has 0 radical (unpaired) electrons. The molecule has 1 unspecified atom stereocenters. The highest BCUT2D eigenvalue weighted by Gasteiger charge is 2.22. The number of hydrogen-bond acceptors (Lipinski definition) is 6. The SMILES string of the molecule is O=C(C=Cc1cc(Cl)ccc1-n1cnnn1)NC(Cc1ccccc1)C(=O)Nc1ccc(C(=O)O)cc1F. The zero-order chi connectivity index (χ0) is 27.1. The van der Waals surface area contributed by atoms with E-state index in [2.05, 4.69) is 26.2 Å². The largest absolute Gasteiger partial charge is 0.478 e. The third kappa shape index (κ3) is 6.65. The quantitative estimate of drug-likeness (QED) is 0.279. The monoisotopic (exact) mass is 534 g/mol. The van der Waals surface area contributed by atoms with Gasteiger partial charge in [-0.3, -0.25) is 9.59 Å². The first-order valence-corrected chi connectivity index (χ1v) is 11.6. The zero-order valence-corrected chi connectivity index (χ0v) is 20.3. The fraction of sp³-hybridized carbons (Fsp3) is 0.0769. The lowest BCUT2D eigenvalue weighted by Gasteiger charge is -2.18. The topological polar surface area (TPSA) is 139 Å². The van der Waals surface area contributed by atoms with Gasteiger partial charge >= 0.3 is 5.97 Å². The van der Waals surface area contributed by atoms with E-state index in [1.165, 1.54) is 29.2 Å². The highest BCUT2D eigenvalue weighted by molar-refractivity contribution is 6.30. The average molecular weight is 535 g/mol. The van der Waals surface area contributed by atoms with Crippen LogP contribution in [-0.2, 0) is 16.0 Å². The molecule has 0 aliphatic heterocycles. The summed E-state index contributed by atoms with van der Waals surface area (Å²) >= 11 is 6.12. The van der Waals surface area contributed by atoms with Crippen LogP contribution in [0.4, 0.5) is 10.1 Å². The van der Waals surface area contributed by atoms with Crippen molar-refractivity contribution < 1.29 is 23.9 Å². The first-order chi connectivity index (χ1) is 18.3. The second kappa shape index (κ2) is 11.9. The van der Waals surface area contributed by atoms with Crippen molar-refractivity contribution in [2.24, 2.45) is 0 Å². The molecular formula is C26H20ClFN6O4. The van der Waals surface area contributed by atoms with Gasteiger partial charge in [0.2, 0.25) is 11.8 Å². The molecule has 0 fully saturated rings. The number of halogens is 2. The standard InChI is InChI=1S/C26H20ClFN6O4/c27-19-8-10-23(34-15-29-32-33-34)17(13-19)7-11-24(35)30-22(12-16-4-2-1-3-5-16)25(36)31-21-9-6-18(26(37)38)14-20(21)28/h1-11,13-15,22H,12H2,(H,30,35)(H,31,36)(H,37,38). The first kappa shape index (κ1) is 26.2. The summed E-state index contributed by atoms with van der Waals surface area (Å²) in [5, 5.41) is 25.6. The second-order valence-corrected chi connectivity index (χ2v) is 8.47. The molecule has 4 aromatic rings. The van der Waals surface area contributed by atoms with Crippen molar-refractivity contribution in [2.75, 3.05) is 5.32 Å². The van der Waals surface area contributed by atoms with Crippen LogP contribution in [0.5, 0.6) is 0 Å². The predicted molar refractivity (Wildman–Crippen MR) is 137 cm³/mol. The molecule has 0 aliphatic rings. The number of carboxylic acid groups (broad SMARTS) is 1. The molecule has 192 valence electrons. The van der Waals surface area contributed by atoms with Crippen molar-refractivity contribution in [1.29, 1.82) is 0 Å². The minimum absolute atomic E-state index is 0.119. The second-order valence-electron chi connectivity index (χ2n) is 8.03. The number of anilines is 1. The van der Waals surface area contributed by atoms with E-state index in [0.29, 0.717) is 16.3 Å². The molecule has 0 saturated carbocycles. The van der Waals surface area contributed by atoms with Gasteiger partial charge in [0.05, 0.1) is 16.9 Å². The van der Waals surface area contributed by atoms with Gasteiger partial charge in [-0.05, 0) is 58.5 Å². The number of carboxylic acids is 1. The molecule has 3 aromatic carbocycles. The molecule has 38 heavy (non-hydrogen) atoms. The van der Waals surface area contributed by atoms with Crippen LogP contribution in [0.3, 0.4) is 0 Å². The summed E-state index contributed by atoms with van der Waals surface area (Å²) < 4.78 is 15.8. The van der Waals surface area contributed by atoms with Gasteiger partial charge in [-0.1, -0.05) is 41.9 Å². The van der Waals surface area contributed by atoms with Crippen LogP contribution in [-0.4, -0.2) is 49.1 Å². The molecule has 0 aliphatic carbocycles. The molecular weight excluding hydrogens is 515 g/mol. The molecule has 1 aromatic heterocycles. The third-order valence-corrected chi connectivity index (χ3v) is 5.62. The number of carbonyl (C=O) groups excluding carboxylic acids is 2. The summed E-state index contributed by atoms with van der Waals surface area (Å²) in [4.78, 5) is 37.0. The van der Waals surface area contributed by atoms with E-state index in [0.717, 1.165) is 17.7 Å². The number of nitrogens with zero attached hydrogens (tertiary/aromatic N) is 4. The zero-order valence-electron chi connectivity index (χ0n) is 19.6. The number of aromatic nitrogens is 4. The van der Waals surface area contributed by atoms with Crippen LogP contribution in [0.1, 0.15) is 21.5 Å². The summed E-state index contributed by atoms with van der Waals surface area (Å²) in [5.41, 5.74) is 1.40. The van der Waals surface area contributed by atoms with E-state index in [1.54, 1.807) is 42.5 Å². The minimum Gasteiger partial charge on any atom is -0.478 e. The van der Waals surface area contributed by atoms with Crippen LogP contribution in [0, 0.1) is 5.82 Å². The molecule has 0 saturated heterocycles. The Morgan fingerprint density at radius 3 is 2.55 bits per heavy atom. The van der Waals surface area contributed by atoms with Gasteiger partial charge in [0, 0.05) is 23.1 Å². The summed E-state index contributed by atoms with van der Waals surface area (Å²) in [6.45, 7) is 0. The maximum absolute atomic E-state index is 14.4. The Labute approximate surface area is 220 Å². The van der Waals surface area contributed by atoms with E-state index in [4.69, 9.17) is 16.7 Å². The molecule has 2 amide bonds. The third-order valence-electron chi connectivity index (χ3n) is 5.39. The number of nitrogens with one attached hydrogen (secondary N) is 2. The summed E-state index contributed by atoms with van der Waals surface area (Å²) in [6, 6.07) is 16.0. The Hall–Kier alpha value is -4.90. The molecule has 0 bridgehead atoms. The fourth-order valence-electron chi connectivity index (χ4n) is 3.55. The summed E-state index contributed by atoms with van der Waals surface area (Å²) in [5.74, 6) is -3.50. The fourth-order valence-corrected chi connectivity index (χ4v) is 3.73. The normalized spacial score (nSPS) is 11.7. The highest BCUT2D eigenvalue weighted by Crippen LogP contribution is 2.20. The Balaban J connectivity index is 1.54. The van der Waals surface area contributed by atoms with Gasteiger partial charge < -0.3 is 15.7 Å². The van der Waals surface area contributed by atoms with E-state index in [9.17, 15) is 18.8 Å². The number of amides is 2. The van der Waals surface area contributed by atoms with Crippen LogP contribution in [0.2, 0.25) is 5.02 Å². The van der Waals surface area contributed by atoms with E-state index < -0.39 is 29.6 Å². The van der Waals surface area contributed by atoms with Crippen molar-refractivity contribution in [3.8, 4) is 5.69 Å². The van der Waals surface area contributed by atoms with Crippen molar-refractivity contribution >= 4 is 41.1 Å². The molecule has 12 heteroatoms. The van der Waals surface area contributed by atoms with Gasteiger partial charge in [-0.15, -0.1) is 5.10 Å². The van der Waals surface area contributed by atoms with E-state index in [-0.39, 0.29) is 17.7 Å². The van der Waals surface area contributed by atoms with Gasteiger partial charge in [0.15, 0.2) is 0 Å². The molecule has 3 N–H and O–H groups in total. The lowest BCUT2D eigenvalue weighted by atomic mass is 10.0. The van der Waals surface area contributed by atoms with Crippen LogP contribution < -0.4 is 10.6 Å². The highest BCUT2D eigenvalue weighted by atomic mass is 35.5. The lowest BCUT2D eigenvalue weighted by molar-refractivity contribution is -0.123. The number of aromatic carboxylic acids is 1. The van der Waals surface area contributed by atoms with Crippen molar-refractivity contribution in [3.05, 3.63) is 107 Å². The minimum atomic E-state index is -1.30. The number of benzene rings is 3. The molecule has 1 heterocycles. The average Bonchev–Trinajstić information content (AvgIpc) is 3.43. The summed E-state index contributed by atoms with van der Waals surface area (Å²) in [7, 11) is 0. The van der Waals surface area contributed by atoms with Crippen LogP contribution in [0.15, 0.2) is 79.1 Å². The maximum Gasteiger partial charge on any atom is 0.335 e.